The number of rotatable bonds is 11. The van der Waals surface area contributed by atoms with Crippen LogP contribution in [0.5, 0.6) is 11.5 Å². The minimum Gasteiger partial charge on any atom is -0.508 e. The van der Waals surface area contributed by atoms with Gasteiger partial charge in [-0.15, -0.1) is 11.3 Å². The van der Waals surface area contributed by atoms with Crippen molar-refractivity contribution >= 4 is 28.2 Å². The average Bonchev–Trinajstić information content (AvgIpc) is 3.47. The Bertz CT molecular complexity index is 1360. The highest BCUT2D eigenvalue weighted by molar-refractivity contribution is 7.09. The number of hydrogen-bond donors (Lipinski definition) is 2. The predicted octanol–water partition coefficient (Wildman–Crippen LogP) is 6.65. The number of hydrogen-bond acceptors (Lipinski definition) is 6. The average molecular weight is 548 g/mol. The lowest BCUT2D eigenvalue weighted by Gasteiger charge is -2.37. The van der Waals surface area contributed by atoms with Gasteiger partial charge in [0.05, 0.1) is 39.1 Å². The summed E-state index contributed by atoms with van der Waals surface area (Å²) in [5, 5.41) is 23.4. The number of phenolic OH excluding ortho intramolecular Hbond substituents is 1. The summed E-state index contributed by atoms with van der Waals surface area (Å²) in [6.07, 6.45) is 0.295. The van der Waals surface area contributed by atoms with E-state index in [1.807, 2.05) is 47.8 Å². The third kappa shape index (κ3) is 7.29. The van der Waals surface area contributed by atoms with Crippen LogP contribution in [0.15, 0.2) is 78.2 Å². The number of piperidine rings is 1. The Kier molecular flexibility index (Phi) is 8.98. The third-order valence-corrected chi connectivity index (χ3v) is 7.87. The summed E-state index contributed by atoms with van der Waals surface area (Å²) in [5.74, 6) is 1.10. The number of amides is 1. The molecule has 1 amide bonds. The van der Waals surface area contributed by atoms with Crippen molar-refractivity contribution in [3.8, 4) is 11.5 Å². The summed E-state index contributed by atoms with van der Waals surface area (Å²) in [6.45, 7) is 3.01. The van der Waals surface area contributed by atoms with E-state index in [0.717, 1.165) is 34.1 Å². The second kappa shape index (κ2) is 13.0. The molecule has 0 bridgehead atoms. The van der Waals surface area contributed by atoms with E-state index < -0.39 is 6.09 Å². The topological polar surface area (TPSA) is 88.5 Å². The van der Waals surface area contributed by atoms with E-state index in [1.54, 1.807) is 23.5 Å². The number of likely N-dealkylation sites (tertiary alicyclic amines) is 1. The molecule has 39 heavy (non-hydrogen) atoms. The molecular formula is C31H33NO6S. The van der Waals surface area contributed by atoms with E-state index in [-0.39, 0.29) is 17.8 Å². The highest BCUT2D eigenvalue weighted by Gasteiger charge is 2.33. The zero-order chi connectivity index (χ0) is 27.0. The predicted molar refractivity (Wildman–Crippen MR) is 152 cm³/mol. The fraction of sp³-hybridized carbons (Fsp3) is 0.323. The van der Waals surface area contributed by atoms with Crippen molar-refractivity contribution in [2.45, 2.75) is 38.1 Å². The minimum atomic E-state index is -0.925. The molecule has 2 heterocycles. The van der Waals surface area contributed by atoms with Crippen LogP contribution in [0.2, 0.25) is 0 Å². The van der Waals surface area contributed by atoms with Crippen molar-refractivity contribution in [3.63, 3.8) is 0 Å². The maximum Gasteiger partial charge on any atom is 0.407 e. The second-order valence-corrected chi connectivity index (χ2v) is 10.8. The number of ether oxygens (including phenoxy) is 3. The number of carbonyl (C=O) groups is 1. The molecule has 1 saturated heterocycles. The molecule has 204 valence electrons. The molecule has 1 fully saturated rings. The van der Waals surface area contributed by atoms with E-state index in [2.05, 4.69) is 18.2 Å². The SMILES string of the molecule is O=C(O)N1CCC(c2ccc(OCCCOCc3cccs3)cc2)C(OCc2ccc3ccc(O)cc3c2)C1. The highest BCUT2D eigenvalue weighted by atomic mass is 32.1. The van der Waals surface area contributed by atoms with Crippen LogP contribution in [0.3, 0.4) is 0 Å². The van der Waals surface area contributed by atoms with Gasteiger partial charge in [0, 0.05) is 23.8 Å². The molecule has 3 aromatic carbocycles. The van der Waals surface area contributed by atoms with Gasteiger partial charge >= 0.3 is 6.09 Å². The van der Waals surface area contributed by atoms with Crippen LogP contribution in [-0.2, 0) is 22.7 Å². The third-order valence-electron chi connectivity index (χ3n) is 7.02. The van der Waals surface area contributed by atoms with E-state index in [4.69, 9.17) is 14.2 Å². The molecule has 0 radical (unpaired) electrons. The number of fused-ring (bicyclic) bond motifs is 1. The molecule has 0 aliphatic carbocycles. The molecule has 2 atom stereocenters. The fourth-order valence-electron chi connectivity index (χ4n) is 4.95. The summed E-state index contributed by atoms with van der Waals surface area (Å²) >= 11 is 1.70. The Balaban J connectivity index is 1.16. The van der Waals surface area contributed by atoms with Gasteiger partial charge in [0.1, 0.15) is 11.5 Å². The number of carboxylic acid groups (broad SMARTS) is 1. The quantitative estimate of drug-likeness (QED) is 0.205. The molecule has 2 N–H and O–H groups in total. The summed E-state index contributed by atoms with van der Waals surface area (Å²) in [6, 6.07) is 23.4. The molecule has 5 rings (SSSR count). The Morgan fingerprint density at radius 2 is 1.82 bits per heavy atom. The van der Waals surface area contributed by atoms with Crippen molar-refractivity contribution in [1.82, 2.24) is 4.90 Å². The van der Waals surface area contributed by atoms with Gasteiger partial charge in [0.15, 0.2) is 0 Å². The first-order valence-electron chi connectivity index (χ1n) is 13.2. The van der Waals surface area contributed by atoms with Crippen LogP contribution in [0, 0.1) is 0 Å². The summed E-state index contributed by atoms with van der Waals surface area (Å²) in [5.41, 5.74) is 2.09. The maximum atomic E-state index is 11.7. The summed E-state index contributed by atoms with van der Waals surface area (Å²) in [7, 11) is 0. The van der Waals surface area contributed by atoms with E-state index in [1.165, 1.54) is 9.78 Å². The molecule has 7 nitrogen and oxygen atoms in total. The second-order valence-electron chi connectivity index (χ2n) is 9.74. The normalized spacial score (nSPS) is 17.4. The Hall–Kier alpha value is -3.59. The first-order chi connectivity index (χ1) is 19.0. The number of thiophene rings is 1. The van der Waals surface area contributed by atoms with E-state index >= 15 is 0 Å². The van der Waals surface area contributed by atoms with Crippen LogP contribution in [0.25, 0.3) is 10.8 Å². The number of nitrogens with zero attached hydrogens (tertiary/aromatic N) is 1. The molecule has 8 heteroatoms. The molecule has 0 saturated carbocycles. The van der Waals surface area contributed by atoms with E-state index in [0.29, 0.717) is 45.9 Å². The first-order valence-corrected chi connectivity index (χ1v) is 14.1. The minimum absolute atomic E-state index is 0.0739. The molecule has 2 unspecified atom stereocenters. The van der Waals surface area contributed by atoms with Gasteiger partial charge in [0.2, 0.25) is 0 Å². The van der Waals surface area contributed by atoms with Crippen LogP contribution >= 0.6 is 11.3 Å². The van der Waals surface area contributed by atoms with Crippen molar-refractivity contribution in [3.05, 3.63) is 94.2 Å². The van der Waals surface area contributed by atoms with Crippen molar-refractivity contribution in [2.24, 2.45) is 0 Å². The van der Waals surface area contributed by atoms with Crippen molar-refractivity contribution < 1.29 is 29.2 Å². The van der Waals surface area contributed by atoms with Gasteiger partial charge < -0.3 is 29.3 Å². The zero-order valence-corrected chi connectivity index (χ0v) is 22.5. The Labute approximate surface area is 232 Å². The Morgan fingerprint density at radius 1 is 0.974 bits per heavy atom. The molecule has 1 aromatic heterocycles. The van der Waals surface area contributed by atoms with Gasteiger partial charge in [-0.05, 0) is 70.1 Å². The lowest BCUT2D eigenvalue weighted by molar-refractivity contribution is -0.0199. The van der Waals surface area contributed by atoms with Gasteiger partial charge in [-0.25, -0.2) is 4.79 Å². The number of phenols is 1. The van der Waals surface area contributed by atoms with Gasteiger partial charge in [-0.3, -0.25) is 0 Å². The molecule has 4 aromatic rings. The summed E-state index contributed by atoms with van der Waals surface area (Å²) < 4.78 is 17.9. The van der Waals surface area contributed by atoms with Crippen LogP contribution in [0.1, 0.15) is 34.8 Å². The summed E-state index contributed by atoms with van der Waals surface area (Å²) in [4.78, 5) is 14.3. The molecule has 1 aliphatic rings. The van der Waals surface area contributed by atoms with Gasteiger partial charge in [-0.2, -0.15) is 0 Å². The highest BCUT2D eigenvalue weighted by Crippen LogP contribution is 2.32. The molecular weight excluding hydrogens is 514 g/mol. The number of aromatic hydroxyl groups is 1. The van der Waals surface area contributed by atoms with Crippen molar-refractivity contribution in [2.75, 3.05) is 26.3 Å². The smallest absolute Gasteiger partial charge is 0.407 e. The maximum absolute atomic E-state index is 11.7. The largest absolute Gasteiger partial charge is 0.508 e. The Morgan fingerprint density at radius 3 is 2.62 bits per heavy atom. The van der Waals surface area contributed by atoms with Gasteiger partial charge in [-0.1, -0.05) is 36.4 Å². The molecule has 0 spiro atoms. The standard InChI is InChI=1S/C31H33NO6S/c33-26-9-6-23-5-4-22(17-25(23)18-26)20-38-30-19-32(31(34)35)13-12-29(30)24-7-10-27(11-8-24)37-15-2-14-36-21-28-3-1-16-39-28/h1,3-11,16-18,29-30,33H,2,12-15,19-21H2,(H,34,35). The first kappa shape index (κ1) is 27.0. The number of benzene rings is 3. The monoisotopic (exact) mass is 547 g/mol. The van der Waals surface area contributed by atoms with Crippen LogP contribution < -0.4 is 4.74 Å². The fourth-order valence-corrected chi connectivity index (χ4v) is 5.59. The van der Waals surface area contributed by atoms with E-state index in [9.17, 15) is 15.0 Å². The van der Waals surface area contributed by atoms with Crippen LogP contribution in [-0.4, -0.2) is 53.6 Å². The zero-order valence-electron chi connectivity index (χ0n) is 21.7. The lowest BCUT2D eigenvalue weighted by Crippen LogP contribution is -2.46. The molecule has 1 aliphatic heterocycles. The van der Waals surface area contributed by atoms with Crippen LogP contribution in [0.4, 0.5) is 4.79 Å². The van der Waals surface area contributed by atoms with Gasteiger partial charge in [0.25, 0.3) is 0 Å². The lowest BCUT2D eigenvalue weighted by atomic mass is 9.87. The van der Waals surface area contributed by atoms with Crippen molar-refractivity contribution in [1.29, 1.82) is 0 Å².